The maximum absolute atomic E-state index is 12.6. The summed E-state index contributed by atoms with van der Waals surface area (Å²) in [6.45, 7) is 1.76. The molecule has 1 N–H and O–H groups in total. The van der Waals surface area contributed by atoms with E-state index in [9.17, 15) is 13.2 Å². The molecule has 1 aromatic carbocycles. The van der Waals surface area contributed by atoms with Crippen molar-refractivity contribution in [3.05, 3.63) is 71.4 Å². The number of imidazole rings is 1. The first-order valence-corrected chi connectivity index (χ1v) is 7.84. The van der Waals surface area contributed by atoms with Gasteiger partial charge in [-0.25, -0.2) is 9.97 Å². The smallest absolute Gasteiger partial charge is 0.306 e. The molecule has 0 aliphatic rings. The van der Waals surface area contributed by atoms with Gasteiger partial charge in [-0.15, -0.1) is 0 Å². The second-order valence-electron chi connectivity index (χ2n) is 5.38. The van der Waals surface area contributed by atoms with Crippen LogP contribution in [-0.2, 0) is 6.18 Å². The molecule has 0 spiro atoms. The van der Waals surface area contributed by atoms with Crippen LogP contribution in [0.3, 0.4) is 0 Å². The molecule has 0 fully saturated rings. The van der Waals surface area contributed by atoms with E-state index in [2.05, 4.69) is 20.5 Å². The summed E-state index contributed by atoms with van der Waals surface area (Å²) in [6.07, 6.45) is 1.42. The summed E-state index contributed by atoms with van der Waals surface area (Å²) in [5, 5.41) is 3.97. The summed E-state index contributed by atoms with van der Waals surface area (Å²) < 4.78 is 39.7. The molecule has 3 aromatic rings. The van der Waals surface area contributed by atoms with Gasteiger partial charge in [0, 0.05) is 24.3 Å². The van der Waals surface area contributed by atoms with Gasteiger partial charge in [-0.2, -0.15) is 18.3 Å². The van der Waals surface area contributed by atoms with Gasteiger partial charge < -0.3 is 4.57 Å². The van der Waals surface area contributed by atoms with Crippen molar-refractivity contribution in [3.8, 4) is 5.69 Å². The largest absolute Gasteiger partial charge is 0.417 e. The van der Waals surface area contributed by atoms with Crippen molar-refractivity contribution in [2.24, 2.45) is 5.10 Å². The van der Waals surface area contributed by atoms with E-state index in [0.29, 0.717) is 11.9 Å². The maximum atomic E-state index is 12.6. The Balaban J connectivity index is 1.74. The lowest BCUT2D eigenvalue weighted by Gasteiger charge is -2.09. The molecule has 0 atom stereocenters. The van der Waals surface area contributed by atoms with E-state index >= 15 is 0 Å². The first kappa shape index (κ1) is 17.9. The molecule has 3 rings (SSSR count). The summed E-state index contributed by atoms with van der Waals surface area (Å²) in [7, 11) is 0. The highest BCUT2D eigenvalue weighted by molar-refractivity contribution is 6.33. The quantitative estimate of drug-likeness (QED) is 0.524. The number of rotatable bonds is 4. The highest BCUT2D eigenvalue weighted by atomic mass is 35.5. The standard InChI is InChI=1S/C17H13ClF3N5/c1-11(12-2-4-14(5-3-12)26-7-6-22-10-26)24-25-16-15(18)8-13(9-23-16)17(19,20)21/h2-10H,1H3,(H,23,25). The highest BCUT2D eigenvalue weighted by Crippen LogP contribution is 2.32. The topological polar surface area (TPSA) is 55.1 Å². The van der Waals surface area contributed by atoms with Gasteiger partial charge in [0.1, 0.15) is 0 Å². The van der Waals surface area contributed by atoms with Gasteiger partial charge in [-0.05, 0) is 30.7 Å². The minimum atomic E-state index is -4.49. The second-order valence-corrected chi connectivity index (χ2v) is 5.79. The monoisotopic (exact) mass is 379 g/mol. The number of hydrogen-bond donors (Lipinski definition) is 1. The Kier molecular flexibility index (Phi) is 4.94. The Hall–Kier alpha value is -2.87. The number of nitrogens with zero attached hydrogens (tertiary/aromatic N) is 4. The van der Waals surface area contributed by atoms with Crippen molar-refractivity contribution in [1.82, 2.24) is 14.5 Å². The minimum absolute atomic E-state index is 0.0500. The Morgan fingerprint density at radius 3 is 2.54 bits per heavy atom. The third-order valence-electron chi connectivity index (χ3n) is 3.59. The van der Waals surface area contributed by atoms with Crippen LogP contribution in [0.4, 0.5) is 19.0 Å². The van der Waals surface area contributed by atoms with Crippen molar-refractivity contribution in [3.63, 3.8) is 0 Å². The molecule has 2 heterocycles. The van der Waals surface area contributed by atoms with E-state index in [1.54, 1.807) is 19.4 Å². The van der Waals surface area contributed by atoms with Crippen molar-refractivity contribution >= 4 is 23.1 Å². The van der Waals surface area contributed by atoms with Crippen LogP contribution in [0, 0.1) is 0 Å². The van der Waals surface area contributed by atoms with Crippen LogP contribution in [0.5, 0.6) is 0 Å². The predicted molar refractivity (Wildman–Crippen MR) is 93.6 cm³/mol. The lowest BCUT2D eigenvalue weighted by molar-refractivity contribution is -0.137. The summed E-state index contributed by atoms with van der Waals surface area (Å²) in [4.78, 5) is 7.67. The summed E-state index contributed by atoms with van der Waals surface area (Å²) in [5.41, 5.74) is 4.09. The number of benzene rings is 1. The molecule has 0 radical (unpaired) electrons. The van der Waals surface area contributed by atoms with Crippen LogP contribution < -0.4 is 5.43 Å². The zero-order valence-corrected chi connectivity index (χ0v) is 14.3. The zero-order valence-electron chi connectivity index (χ0n) is 13.5. The molecule has 0 unspecified atom stereocenters. The van der Waals surface area contributed by atoms with Gasteiger partial charge >= 0.3 is 6.18 Å². The third kappa shape index (κ3) is 4.02. The van der Waals surface area contributed by atoms with Crippen molar-refractivity contribution < 1.29 is 13.2 Å². The second kappa shape index (κ2) is 7.17. The van der Waals surface area contributed by atoms with Crippen LogP contribution in [0.25, 0.3) is 5.69 Å². The molecule has 0 bridgehead atoms. The van der Waals surface area contributed by atoms with Crippen molar-refractivity contribution in [1.29, 1.82) is 0 Å². The Morgan fingerprint density at radius 2 is 1.96 bits per heavy atom. The van der Waals surface area contributed by atoms with Crippen LogP contribution in [0.1, 0.15) is 18.1 Å². The molecule has 0 saturated heterocycles. The SMILES string of the molecule is CC(=NNc1ncc(C(F)(F)F)cc1Cl)c1ccc(-n2ccnc2)cc1. The number of halogens is 4. The Bertz CT molecular complexity index is 919. The lowest BCUT2D eigenvalue weighted by atomic mass is 10.1. The van der Waals surface area contributed by atoms with Gasteiger partial charge in [0.15, 0.2) is 5.82 Å². The van der Waals surface area contributed by atoms with Crippen molar-refractivity contribution in [2.75, 3.05) is 5.43 Å². The van der Waals surface area contributed by atoms with Crippen LogP contribution >= 0.6 is 11.6 Å². The number of nitrogens with one attached hydrogen (secondary N) is 1. The summed E-state index contributed by atoms with van der Waals surface area (Å²) in [6, 6.07) is 8.36. The van der Waals surface area contributed by atoms with E-state index in [-0.39, 0.29) is 10.8 Å². The highest BCUT2D eigenvalue weighted by Gasteiger charge is 2.31. The fraction of sp³-hybridized carbons (Fsp3) is 0.118. The van der Waals surface area contributed by atoms with Gasteiger partial charge in [0.25, 0.3) is 0 Å². The average Bonchev–Trinajstić information content (AvgIpc) is 3.14. The van der Waals surface area contributed by atoms with Gasteiger partial charge in [0.2, 0.25) is 0 Å². The van der Waals surface area contributed by atoms with E-state index in [4.69, 9.17) is 11.6 Å². The molecule has 134 valence electrons. The Labute approximate surface area is 152 Å². The molecular weight excluding hydrogens is 367 g/mol. The first-order valence-electron chi connectivity index (χ1n) is 7.46. The van der Waals surface area contributed by atoms with Crippen LogP contribution in [0.2, 0.25) is 5.02 Å². The number of hydrogen-bond acceptors (Lipinski definition) is 4. The van der Waals surface area contributed by atoms with E-state index in [0.717, 1.165) is 17.3 Å². The normalized spacial score (nSPS) is 12.3. The molecule has 9 heteroatoms. The molecule has 0 aliphatic heterocycles. The average molecular weight is 380 g/mol. The van der Waals surface area contributed by atoms with Gasteiger partial charge in [0.05, 0.1) is 22.6 Å². The number of pyridine rings is 1. The van der Waals surface area contributed by atoms with E-state index in [1.807, 2.05) is 35.0 Å². The fourth-order valence-corrected chi connectivity index (χ4v) is 2.37. The summed E-state index contributed by atoms with van der Waals surface area (Å²) >= 11 is 5.84. The molecule has 0 amide bonds. The number of alkyl halides is 3. The van der Waals surface area contributed by atoms with E-state index in [1.165, 1.54) is 0 Å². The van der Waals surface area contributed by atoms with Gasteiger partial charge in [-0.1, -0.05) is 23.7 Å². The van der Waals surface area contributed by atoms with E-state index < -0.39 is 11.7 Å². The van der Waals surface area contributed by atoms with Crippen LogP contribution in [-0.4, -0.2) is 20.2 Å². The first-order chi connectivity index (χ1) is 12.3. The molecule has 2 aromatic heterocycles. The number of aromatic nitrogens is 3. The number of hydrazone groups is 1. The predicted octanol–water partition coefficient (Wildman–Crippen LogP) is 4.78. The van der Waals surface area contributed by atoms with Gasteiger partial charge in [-0.3, -0.25) is 5.43 Å². The molecule has 26 heavy (non-hydrogen) atoms. The minimum Gasteiger partial charge on any atom is -0.306 e. The molecular formula is C17H13ClF3N5. The fourth-order valence-electron chi connectivity index (χ4n) is 2.16. The third-order valence-corrected chi connectivity index (χ3v) is 3.87. The molecule has 5 nitrogen and oxygen atoms in total. The molecule has 0 saturated carbocycles. The number of anilines is 1. The van der Waals surface area contributed by atoms with Crippen molar-refractivity contribution in [2.45, 2.75) is 13.1 Å². The molecule has 0 aliphatic carbocycles. The summed E-state index contributed by atoms with van der Waals surface area (Å²) in [5.74, 6) is 0.0500. The Morgan fingerprint density at radius 1 is 1.23 bits per heavy atom. The van der Waals surface area contributed by atoms with Crippen LogP contribution in [0.15, 0.2) is 60.4 Å². The maximum Gasteiger partial charge on any atom is 0.417 e. The zero-order chi connectivity index (χ0) is 18.7. The lowest BCUT2D eigenvalue weighted by Crippen LogP contribution is -2.07.